The monoisotopic (exact) mass is 1580 g/mol. The number of benzene rings is 5. The molecule has 0 N–H and O–H groups in total. The summed E-state index contributed by atoms with van der Waals surface area (Å²) in [6.45, 7) is 16.2. The van der Waals surface area contributed by atoms with Crippen LogP contribution in [0.25, 0.3) is 167 Å². The SMILES string of the molecule is Cc1ccc(-c2c(C)ccc3c2oc2nc(C)ccc23)[n+](C)c1.Cc1ccc2c(n1)oc1c(-c3cc(C(C)C)cc[n+]3C)c(C)ccc12.Cc1ccc2c(n1)oc1c(-c3cccc[n+]3C)c(C)ccc12.[2H]C([2H])([2H])c1c[n+](C)c(-c2c(C)cc(C([2H])([2H])[2H])c3c2oc2ncccc23)cc1C.[2H]C([2H])([2H])c1cc(C)c(-c2cc(C([2H])(C)C([2H])([2H])[2H])cc[n+]2C)c2oc3ncccc3c12. The maximum Gasteiger partial charge on any atom is 0.227 e. The summed E-state index contributed by atoms with van der Waals surface area (Å²) >= 11 is 0. The number of rotatable bonds is 7. The molecule has 0 saturated heterocycles. The molecule has 0 bridgehead atoms. The largest absolute Gasteiger partial charge is 0.437 e. The Balaban J connectivity index is 0.000000121. The normalized spacial score (nSPS) is 14.1. The van der Waals surface area contributed by atoms with Crippen LogP contribution in [0.4, 0.5) is 0 Å². The molecule has 20 rings (SSSR count). The Labute approximate surface area is 712 Å². The Hall–Kier alpha value is -13.4. The molecule has 0 spiro atoms. The molecule has 119 heavy (non-hydrogen) atoms. The van der Waals surface area contributed by atoms with Gasteiger partial charge in [-0.15, -0.1) is 0 Å². The van der Waals surface area contributed by atoms with Gasteiger partial charge < -0.3 is 22.1 Å². The first-order chi connectivity index (χ1) is 62.3. The molecule has 0 fully saturated rings. The second kappa shape index (κ2) is 31.9. The van der Waals surface area contributed by atoms with Gasteiger partial charge in [0.15, 0.2) is 58.9 Å². The molecule has 0 aliphatic rings. The first-order valence-corrected chi connectivity index (χ1v) is 39.7. The fourth-order valence-electron chi connectivity index (χ4n) is 16.2. The zero-order chi connectivity index (χ0) is 94.8. The zero-order valence-corrected chi connectivity index (χ0v) is 70.3. The number of hydrogen-bond acceptors (Lipinski definition) is 10. The van der Waals surface area contributed by atoms with Crippen LogP contribution in [0.5, 0.6) is 0 Å². The first kappa shape index (κ1) is 64.7. The highest BCUT2D eigenvalue weighted by Crippen LogP contribution is 2.44. The van der Waals surface area contributed by atoms with E-state index in [4.69, 9.17) is 39.9 Å². The lowest BCUT2D eigenvalue weighted by molar-refractivity contribution is -0.660. The summed E-state index contributed by atoms with van der Waals surface area (Å²) in [5.74, 6) is -1.34. The van der Waals surface area contributed by atoms with Crippen molar-refractivity contribution < 1.29 is 62.7 Å². The Kier molecular flexibility index (Phi) is 17.4. The van der Waals surface area contributed by atoms with Crippen LogP contribution < -0.4 is 22.8 Å². The van der Waals surface area contributed by atoms with Crippen molar-refractivity contribution in [1.82, 2.24) is 24.9 Å². The van der Waals surface area contributed by atoms with Gasteiger partial charge >= 0.3 is 0 Å². The summed E-state index contributed by atoms with van der Waals surface area (Å²) in [7, 11) is 9.79. The number of nitrogens with zero attached hydrogens (tertiary/aromatic N) is 10. The third kappa shape index (κ3) is 14.8. The van der Waals surface area contributed by atoms with E-state index in [0.717, 1.165) is 111 Å². The molecule has 20 aromatic rings. The fourth-order valence-corrected chi connectivity index (χ4v) is 16.2. The lowest BCUT2D eigenvalue weighted by atomic mass is 9.95. The van der Waals surface area contributed by atoms with E-state index < -0.39 is 33.3 Å². The van der Waals surface area contributed by atoms with Crippen LogP contribution in [0, 0.1) is 89.8 Å². The van der Waals surface area contributed by atoms with Gasteiger partial charge in [-0.1, -0.05) is 76.2 Å². The standard InChI is InChI=1S/2C22H23N2O.C21H21N2O.C20H19N2O.C19H17N2O/c1-13(2)16-10-11-24(5)19(12-16)20-14(3)6-8-17-18-9-7-15(4)23-22(18)25-21(17)20;1-13(2)16-8-10-24(5)18(12-16)20-15(4)11-14(3)19-17-7-6-9-23-22(17)25-21(19)20;1-12-10-17(23(5)11-15(12)4)19-14(3)9-13(2)18-16-7-6-8-22-21(16)24-20(18)19;1-12-5-10-17(22(4)11-12)18-13(2)6-8-15-16-9-7-14(3)21-20(16)23-19(15)18;1-12-7-9-14-15-10-8-13(2)20-19(15)22-18(14)17(12)16-6-4-5-11-21(16)3/h2*6-13H,1-5H3;6-11H,1-5H3;5-11H,1-4H3;4-11H,1-3H3/q5*+1/i;1D3,3D3,13D;2D3,4D3;;. The average Bonchev–Trinajstić information content (AvgIpc) is 1.55. The summed E-state index contributed by atoms with van der Waals surface area (Å²) in [6.07, 6.45) is 12.8. The lowest BCUT2D eigenvalue weighted by Gasteiger charge is -2.10. The molecule has 15 heterocycles. The molecular formula is C104H103N10O5+5. The molecule has 0 amide bonds. The molecule has 5 aromatic carbocycles. The van der Waals surface area contributed by atoms with E-state index >= 15 is 0 Å². The molecule has 594 valence electrons. The molecule has 0 saturated carbocycles. The Morgan fingerprint density at radius 1 is 0.311 bits per heavy atom. The van der Waals surface area contributed by atoms with Gasteiger partial charge in [0.1, 0.15) is 35.2 Å². The van der Waals surface area contributed by atoms with Gasteiger partial charge in [0.05, 0.1) is 27.8 Å². The van der Waals surface area contributed by atoms with Crippen molar-refractivity contribution in [1.29, 1.82) is 0 Å². The smallest absolute Gasteiger partial charge is 0.227 e. The third-order valence-electron chi connectivity index (χ3n) is 22.5. The topological polar surface area (TPSA) is 150 Å². The van der Waals surface area contributed by atoms with Crippen molar-refractivity contribution in [3.05, 3.63) is 297 Å². The van der Waals surface area contributed by atoms with Gasteiger partial charge in [0.2, 0.25) is 57.0 Å². The van der Waals surface area contributed by atoms with Crippen molar-refractivity contribution in [2.24, 2.45) is 35.2 Å². The van der Waals surface area contributed by atoms with Gasteiger partial charge in [0.25, 0.3) is 0 Å². The summed E-state index contributed by atoms with van der Waals surface area (Å²) in [5.41, 5.74) is 28.1. The van der Waals surface area contributed by atoms with Crippen molar-refractivity contribution in [2.45, 2.75) is 129 Å². The minimum absolute atomic E-state index is 0.173. The van der Waals surface area contributed by atoms with E-state index in [0.29, 0.717) is 95.1 Å². The van der Waals surface area contributed by atoms with Crippen LogP contribution in [-0.4, -0.2) is 24.9 Å². The molecule has 0 aliphatic carbocycles. The van der Waals surface area contributed by atoms with Crippen molar-refractivity contribution in [3.8, 4) is 56.3 Å². The molecule has 0 radical (unpaired) electrons. The van der Waals surface area contributed by atoms with Crippen molar-refractivity contribution >= 4 is 110 Å². The van der Waals surface area contributed by atoms with E-state index in [2.05, 4.69) is 211 Å². The van der Waals surface area contributed by atoms with Crippen LogP contribution in [0.15, 0.2) is 235 Å². The second-order valence-corrected chi connectivity index (χ2v) is 31.6. The molecule has 1 unspecified atom stereocenters. The summed E-state index contributed by atoms with van der Waals surface area (Å²) < 4.78 is 144. The maximum absolute atomic E-state index is 8.49. The van der Waals surface area contributed by atoms with Crippen LogP contribution in [0.3, 0.4) is 0 Å². The van der Waals surface area contributed by atoms with Gasteiger partial charge in [-0.05, 0) is 230 Å². The molecule has 0 aliphatic heterocycles. The summed E-state index contributed by atoms with van der Waals surface area (Å²) in [4.78, 5) is 22.2. The molecule has 15 aromatic heterocycles. The quantitative estimate of drug-likeness (QED) is 0.141. The minimum Gasteiger partial charge on any atom is -0.437 e. The van der Waals surface area contributed by atoms with Crippen LogP contribution in [0.2, 0.25) is 0 Å². The minimum atomic E-state index is -2.52. The molecule has 1 atom stereocenters. The second-order valence-electron chi connectivity index (χ2n) is 31.6. The maximum atomic E-state index is 8.49. The number of hydrogen-bond donors (Lipinski definition) is 0. The lowest BCUT2D eigenvalue weighted by Crippen LogP contribution is -2.31. The van der Waals surface area contributed by atoms with Crippen molar-refractivity contribution in [3.63, 3.8) is 0 Å². The molecular weight excluding hydrogens is 1470 g/mol. The third-order valence-corrected chi connectivity index (χ3v) is 22.5. The fraction of sp³-hybridized carbons (Fsp3) is 0.231. The van der Waals surface area contributed by atoms with Gasteiger partial charge in [0, 0.05) is 161 Å². The number of fused-ring (bicyclic) bond motifs is 15. The van der Waals surface area contributed by atoms with Crippen molar-refractivity contribution in [2.75, 3.05) is 0 Å². The first-order valence-electron chi connectivity index (χ1n) is 46.2. The Bertz CT molecular complexity index is 8010. The van der Waals surface area contributed by atoms with Gasteiger partial charge in [-0.3, -0.25) is 0 Å². The highest BCUT2D eigenvalue weighted by molar-refractivity contribution is 6.14. The predicted octanol–water partition coefficient (Wildman–Crippen LogP) is 23.6. The molecule has 15 nitrogen and oxygen atoms in total. The Morgan fingerprint density at radius 2 is 0.714 bits per heavy atom. The highest BCUT2D eigenvalue weighted by Gasteiger charge is 2.29. The summed E-state index contributed by atoms with van der Waals surface area (Å²) in [6, 6.07) is 55.6. The van der Waals surface area contributed by atoms with E-state index in [-0.39, 0.29) is 16.7 Å². The summed E-state index contributed by atoms with van der Waals surface area (Å²) in [5, 5.41) is 8.78. The Morgan fingerprint density at radius 3 is 1.16 bits per heavy atom. The van der Waals surface area contributed by atoms with Crippen LogP contribution in [-0.2, 0) is 35.2 Å². The van der Waals surface area contributed by atoms with E-state index in [1.807, 2.05) is 52.0 Å². The highest BCUT2D eigenvalue weighted by atomic mass is 16.4. The molecule has 15 heteroatoms. The average molecular weight is 1590 g/mol. The zero-order valence-electron chi connectivity index (χ0n) is 83.3. The number of furan rings is 5. The number of pyridine rings is 10. The van der Waals surface area contributed by atoms with E-state index in [1.54, 1.807) is 116 Å². The number of aryl methyl sites for hydroxylation is 18. The van der Waals surface area contributed by atoms with E-state index in [1.165, 1.54) is 40.4 Å². The van der Waals surface area contributed by atoms with Gasteiger partial charge in [-0.25, -0.2) is 47.8 Å². The number of aromatic nitrogens is 10. The van der Waals surface area contributed by atoms with Gasteiger partial charge in [-0.2, -0.15) is 0 Å². The van der Waals surface area contributed by atoms with E-state index in [9.17, 15) is 0 Å². The van der Waals surface area contributed by atoms with Crippen LogP contribution in [0.1, 0.15) is 141 Å². The van der Waals surface area contributed by atoms with Crippen LogP contribution >= 0.6 is 0 Å². The predicted molar refractivity (Wildman–Crippen MR) is 480 cm³/mol.